The number of nitrogen functional groups attached to an aromatic ring is 2. The van der Waals surface area contributed by atoms with E-state index in [-0.39, 0.29) is 90.7 Å². The van der Waals surface area contributed by atoms with Crippen molar-refractivity contribution >= 4 is 34.8 Å². The molecule has 0 atom stereocenters. The Labute approximate surface area is 349 Å². The summed E-state index contributed by atoms with van der Waals surface area (Å²) in [5.41, 5.74) is 10.6. The van der Waals surface area contributed by atoms with Crippen LogP contribution >= 0.6 is 0 Å². The number of carboxylic acid groups (broad SMARTS) is 1. The number of pyridine rings is 2. The number of aromatic nitrogens is 8. The third-order valence-corrected chi connectivity index (χ3v) is 9.17. The molecule has 0 unspecified atom stereocenters. The number of imidazole rings is 2. The first-order chi connectivity index (χ1) is 29.6. The zero-order valence-corrected chi connectivity index (χ0v) is 32.6. The molecule has 0 aliphatic carbocycles. The number of carbonyl (C=O) groups excluding carboxylic acids is 1. The van der Waals surface area contributed by atoms with Gasteiger partial charge in [0.2, 0.25) is 0 Å². The molecule has 0 spiro atoms. The summed E-state index contributed by atoms with van der Waals surface area (Å²) in [7, 11) is 1.41. The first kappa shape index (κ1) is 43.1. The second kappa shape index (κ2) is 16.1. The SMILES string of the molecule is CNC(=O)c1cn2c(-c3cc(C)nc(C(F)(F)F)c3)c(-c3cccc(F)c3)nc(N)c2n1.Cc1cc(-c2c(-c3cccc(F)c3)nc(N)c3nc(C(=O)O)cn23)cc(C(F)(F)F)n1. The Morgan fingerprint density at radius 2 is 1.02 bits per heavy atom. The van der Waals surface area contributed by atoms with Crippen LogP contribution in [0.2, 0.25) is 0 Å². The lowest BCUT2D eigenvalue weighted by Crippen LogP contribution is -2.17. The van der Waals surface area contributed by atoms with Crippen molar-refractivity contribution in [1.82, 2.24) is 44.0 Å². The van der Waals surface area contributed by atoms with E-state index in [0.717, 1.165) is 24.4 Å². The highest BCUT2D eigenvalue weighted by Gasteiger charge is 2.35. The number of fused-ring (bicyclic) bond motifs is 2. The molecule has 0 saturated carbocycles. The van der Waals surface area contributed by atoms with Crippen molar-refractivity contribution in [2.24, 2.45) is 0 Å². The number of amides is 1. The predicted molar refractivity (Wildman–Crippen MR) is 212 cm³/mol. The maximum Gasteiger partial charge on any atom is 0.433 e. The van der Waals surface area contributed by atoms with E-state index in [1.54, 1.807) is 6.07 Å². The summed E-state index contributed by atoms with van der Waals surface area (Å²) in [6.45, 7) is 2.81. The molecule has 322 valence electrons. The van der Waals surface area contributed by atoms with E-state index in [9.17, 15) is 49.8 Å². The highest BCUT2D eigenvalue weighted by Crippen LogP contribution is 2.39. The summed E-state index contributed by atoms with van der Waals surface area (Å²) in [6, 6.07) is 15.2. The van der Waals surface area contributed by atoms with Gasteiger partial charge >= 0.3 is 18.3 Å². The van der Waals surface area contributed by atoms with E-state index in [1.165, 1.54) is 84.4 Å². The van der Waals surface area contributed by atoms with Gasteiger partial charge in [-0.25, -0.2) is 43.5 Å². The molecule has 63 heavy (non-hydrogen) atoms. The van der Waals surface area contributed by atoms with Crippen LogP contribution < -0.4 is 16.8 Å². The summed E-state index contributed by atoms with van der Waals surface area (Å²) in [5, 5.41) is 11.7. The lowest BCUT2D eigenvalue weighted by Gasteiger charge is -2.15. The highest BCUT2D eigenvalue weighted by atomic mass is 19.4. The number of rotatable bonds is 6. The number of hydrogen-bond acceptors (Lipinski definition) is 10. The van der Waals surface area contributed by atoms with Crippen LogP contribution in [0, 0.1) is 25.5 Å². The zero-order valence-electron chi connectivity index (χ0n) is 32.6. The lowest BCUT2D eigenvalue weighted by molar-refractivity contribution is -0.142. The second-order valence-corrected chi connectivity index (χ2v) is 13.7. The molecular formula is C41H29F8N11O3. The van der Waals surface area contributed by atoms with Crippen molar-refractivity contribution in [2.45, 2.75) is 26.2 Å². The summed E-state index contributed by atoms with van der Waals surface area (Å²) >= 11 is 0. The largest absolute Gasteiger partial charge is 0.476 e. The Morgan fingerprint density at radius 1 is 0.603 bits per heavy atom. The van der Waals surface area contributed by atoms with Gasteiger partial charge in [0.15, 0.2) is 28.6 Å². The van der Waals surface area contributed by atoms with E-state index in [0.29, 0.717) is 0 Å². The minimum atomic E-state index is -4.72. The van der Waals surface area contributed by atoms with E-state index in [1.807, 2.05) is 0 Å². The Morgan fingerprint density at radius 3 is 1.40 bits per heavy atom. The van der Waals surface area contributed by atoms with Crippen LogP contribution in [-0.4, -0.2) is 62.7 Å². The van der Waals surface area contributed by atoms with Crippen molar-refractivity contribution < 1.29 is 49.8 Å². The number of aromatic carboxylic acids is 1. The fourth-order valence-electron chi connectivity index (χ4n) is 6.60. The molecule has 0 bridgehead atoms. The lowest BCUT2D eigenvalue weighted by atomic mass is 10.0. The number of nitrogens with two attached hydrogens (primary N) is 2. The maximum atomic E-state index is 14.0. The number of benzene rings is 2. The number of aryl methyl sites for hydroxylation is 2. The number of halogens is 8. The molecule has 0 aliphatic rings. The van der Waals surface area contributed by atoms with E-state index in [2.05, 4.69) is 35.2 Å². The third kappa shape index (κ3) is 8.63. The van der Waals surface area contributed by atoms with Gasteiger partial charge in [-0.1, -0.05) is 24.3 Å². The molecule has 14 nitrogen and oxygen atoms in total. The van der Waals surface area contributed by atoms with Gasteiger partial charge in [0.25, 0.3) is 5.91 Å². The number of carbonyl (C=O) groups is 2. The van der Waals surface area contributed by atoms with Crippen molar-refractivity contribution in [2.75, 3.05) is 18.5 Å². The van der Waals surface area contributed by atoms with E-state index in [4.69, 9.17) is 11.5 Å². The zero-order chi connectivity index (χ0) is 45.7. The quantitative estimate of drug-likeness (QED) is 0.118. The smallest absolute Gasteiger partial charge is 0.433 e. The molecule has 6 N–H and O–H groups in total. The summed E-state index contributed by atoms with van der Waals surface area (Å²) in [4.78, 5) is 47.2. The molecule has 22 heteroatoms. The van der Waals surface area contributed by atoms with Gasteiger partial charge in [0.05, 0.1) is 22.8 Å². The first-order valence-electron chi connectivity index (χ1n) is 18.1. The average Bonchev–Trinajstić information content (AvgIpc) is 3.87. The highest BCUT2D eigenvalue weighted by molar-refractivity contribution is 5.94. The van der Waals surface area contributed by atoms with Gasteiger partial charge in [0.1, 0.15) is 28.7 Å². The van der Waals surface area contributed by atoms with Crippen LogP contribution in [0.15, 0.2) is 85.2 Å². The van der Waals surface area contributed by atoms with Crippen molar-refractivity contribution in [3.05, 3.63) is 131 Å². The standard InChI is InChI=1S/C21H16F4N6O.C20H13F4N5O2/c1-10-6-12(8-15(28-10)21(23,24)25)17-16(11-4-3-5-13(22)7-11)30-18(26)19-29-14(9-31(17)19)20(32)27-2;1-9-5-11(7-14(26-9)20(22,23)24)16-15(10-3-2-4-12(21)6-10)28-17(25)18-27-13(19(30)31)8-29(16)18/h3-9H,1-2H3,(H2,26,30)(H,27,32);2-8H,1H3,(H2,25,28)(H,30,31). The summed E-state index contributed by atoms with van der Waals surface area (Å²) in [6.07, 6.45) is -6.95. The number of anilines is 2. The number of alkyl halides is 6. The van der Waals surface area contributed by atoms with Gasteiger partial charge in [0, 0.05) is 53.1 Å². The Balaban J connectivity index is 0.000000189. The number of nitrogens with zero attached hydrogens (tertiary/aromatic N) is 8. The van der Waals surface area contributed by atoms with Gasteiger partial charge in [-0.3, -0.25) is 13.6 Å². The van der Waals surface area contributed by atoms with Crippen LogP contribution in [-0.2, 0) is 12.4 Å². The summed E-state index contributed by atoms with van der Waals surface area (Å²) in [5.74, 6) is -3.28. The molecule has 6 aromatic heterocycles. The van der Waals surface area contributed by atoms with Crippen LogP contribution in [0.5, 0.6) is 0 Å². The third-order valence-electron chi connectivity index (χ3n) is 9.17. The van der Waals surface area contributed by atoms with Crippen molar-refractivity contribution in [3.63, 3.8) is 0 Å². The fraction of sp³-hybridized carbons (Fsp3) is 0.122. The number of hydrogen-bond donors (Lipinski definition) is 4. The molecule has 1 amide bonds. The van der Waals surface area contributed by atoms with Gasteiger partial charge < -0.3 is 21.9 Å². The molecule has 8 rings (SSSR count). The molecular weight excluding hydrogens is 847 g/mol. The van der Waals surface area contributed by atoms with E-state index < -0.39 is 47.3 Å². The minimum absolute atomic E-state index is 0.0135. The Kier molecular flexibility index (Phi) is 11.0. The maximum absolute atomic E-state index is 14.0. The molecule has 2 aromatic carbocycles. The average molecular weight is 876 g/mol. The fourth-order valence-corrected chi connectivity index (χ4v) is 6.60. The second-order valence-electron chi connectivity index (χ2n) is 13.7. The van der Waals surface area contributed by atoms with Crippen LogP contribution in [0.1, 0.15) is 43.8 Å². The van der Waals surface area contributed by atoms with Crippen LogP contribution in [0.25, 0.3) is 56.3 Å². The summed E-state index contributed by atoms with van der Waals surface area (Å²) < 4.78 is 111. The predicted octanol–water partition coefficient (Wildman–Crippen LogP) is 8.07. The molecule has 0 saturated heterocycles. The van der Waals surface area contributed by atoms with Gasteiger partial charge in [-0.2, -0.15) is 26.3 Å². The van der Waals surface area contributed by atoms with Crippen LogP contribution in [0.3, 0.4) is 0 Å². The Bertz CT molecular complexity index is 3130. The van der Waals surface area contributed by atoms with Crippen molar-refractivity contribution in [3.8, 4) is 45.0 Å². The molecule has 0 radical (unpaired) electrons. The van der Waals surface area contributed by atoms with Crippen LogP contribution in [0.4, 0.5) is 46.8 Å². The van der Waals surface area contributed by atoms with Crippen molar-refractivity contribution in [1.29, 1.82) is 0 Å². The first-order valence-corrected chi connectivity index (χ1v) is 18.1. The Hall–Kier alpha value is -8.04. The number of nitrogens with one attached hydrogen (secondary N) is 1. The van der Waals surface area contributed by atoms with E-state index >= 15 is 0 Å². The van der Waals surface area contributed by atoms with Gasteiger partial charge in [-0.05, 0) is 62.4 Å². The molecule has 0 aliphatic heterocycles. The topological polar surface area (TPSA) is 205 Å². The number of carboxylic acids is 1. The molecule has 8 aromatic rings. The molecule has 0 fully saturated rings. The normalized spacial score (nSPS) is 11.7. The minimum Gasteiger partial charge on any atom is -0.476 e. The monoisotopic (exact) mass is 875 g/mol. The van der Waals surface area contributed by atoms with Gasteiger partial charge in [-0.15, -0.1) is 0 Å². The molecule has 6 heterocycles.